The highest BCUT2D eigenvalue weighted by atomic mass is 16.2. The predicted molar refractivity (Wildman–Crippen MR) is 146 cm³/mol. The Kier molecular flexibility index (Phi) is 9.23. The summed E-state index contributed by atoms with van der Waals surface area (Å²) in [5.41, 5.74) is 1.63. The van der Waals surface area contributed by atoms with Crippen molar-refractivity contribution in [3.63, 3.8) is 0 Å². The van der Waals surface area contributed by atoms with Gasteiger partial charge in [0, 0.05) is 39.0 Å². The maximum Gasteiger partial charge on any atom is 0.246 e. The topological polar surface area (TPSA) is 112 Å². The van der Waals surface area contributed by atoms with Crippen LogP contribution >= 0.6 is 0 Å². The van der Waals surface area contributed by atoms with Crippen LogP contribution in [0.1, 0.15) is 62.6 Å². The van der Waals surface area contributed by atoms with Crippen LogP contribution in [0.3, 0.4) is 0 Å². The number of aryl methyl sites for hydroxylation is 1. The quantitative estimate of drug-likeness (QED) is 0.584. The summed E-state index contributed by atoms with van der Waals surface area (Å²) in [6.07, 6.45) is 10.8. The maximum absolute atomic E-state index is 14.0. The summed E-state index contributed by atoms with van der Waals surface area (Å²) < 4.78 is 1.69. The summed E-state index contributed by atoms with van der Waals surface area (Å²) in [5, 5.41) is 14.3. The van der Waals surface area contributed by atoms with Crippen molar-refractivity contribution in [2.75, 3.05) is 26.2 Å². The third-order valence-electron chi connectivity index (χ3n) is 8.35. The number of piperazine rings is 1. The molecule has 1 aromatic carbocycles. The van der Waals surface area contributed by atoms with Crippen molar-refractivity contribution in [2.45, 2.75) is 83.0 Å². The zero-order chi connectivity index (χ0) is 27.0. The van der Waals surface area contributed by atoms with Crippen LogP contribution in [0.4, 0.5) is 0 Å². The van der Waals surface area contributed by atoms with Crippen LogP contribution in [0, 0.1) is 5.92 Å². The number of benzene rings is 1. The molecule has 2 fully saturated rings. The molecule has 1 saturated heterocycles. The van der Waals surface area contributed by atoms with E-state index in [0.717, 1.165) is 31.0 Å². The summed E-state index contributed by atoms with van der Waals surface area (Å²) in [4.78, 5) is 44.5. The number of nitrogens with one attached hydrogen (secondary N) is 2. The van der Waals surface area contributed by atoms with Gasteiger partial charge >= 0.3 is 0 Å². The number of fused-ring (bicyclic) bond motifs is 3. The summed E-state index contributed by atoms with van der Waals surface area (Å²) in [6, 6.07) is 8.36. The minimum Gasteiger partial charge on any atom is -0.348 e. The van der Waals surface area contributed by atoms with Crippen LogP contribution in [0.15, 0.2) is 36.5 Å². The molecule has 0 radical (unpaired) electrons. The molecule has 0 unspecified atom stereocenters. The Labute approximate surface area is 230 Å². The molecular weight excluding hydrogens is 494 g/mol. The predicted octanol–water partition coefficient (Wildman–Crippen LogP) is 1.90. The minimum atomic E-state index is -0.730. The lowest BCUT2D eigenvalue weighted by Crippen LogP contribution is -2.64. The molecule has 2 aliphatic heterocycles. The second-order valence-corrected chi connectivity index (χ2v) is 11.2. The monoisotopic (exact) mass is 535 g/mol. The van der Waals surface area contributed by atoms with Crippen molar-refractivity contribution in [2.24, 2.45) is 5.92 Å². The first kappa shape index (κ1) is 27.3. The SMILES string of the molecule is O=C1CCCn2cc(nn2)CNC(=O)[C@H]2CN(CCCC3CCCC3)CCN2C(=O)[C@H](Cc2ccccc2)N1. The first-order valence-electron chi connectivity index (χ1n) is 14.6. The highest BCUT2D eigenvalue weighted by Gasteiger charge is 2.38. The van der Waals surface area contributed by atoms with Crippen molar-refractivity contribution < 1.29 is 14.4 Å². The van der Waals surface area contributed by atoms with Crippen molar-refractivity contribution in [1.29, 1.82) is 0 Å². The van der Waals surface area contributed by atoms with Crippen molar-refractivity contribution >= 4 is 17.7 Å². The van der Waals surface area contributed by atoms with Gasteiger partial charge in [-0.2, -0.15) is 0 Å². The van der Waals surface area contributed by atoms with Crippen LogP contribution < -0.4 is 10.6 Å². The van der Waals surface area contributed by atoms with E-state index in [4.69, 9.17) is 0 Å². The Morgan fingerprint density at radius 3 is 2.62 bits per heavy atom. The van der Waals surface area contributed by atoms with E-state index in [0.29, 0.717) is 38.2 Å². The number of hydrogen-bond acceptors (Lipinski definition) is 6. The fourth-order valence-electron chi connectivity index (χ4n) is 6.18. The molecule has 1 aromatic heterocycles. The summed E-state index contributed by atoms with van der Waals surface area (Å²) in [6.45, 7) is 3.39. The number of hydrogen-bond donors (Lipinski definition) is 2. The number of carbonyl (C=O) groups is 3. The van der Waals surface area contributed by atoms with Crippen LogP contribution in [-0.2, 0) is 33.9 Å². The highest BCUT2D eigenvalue weighted by molar-refractivity contribution is 5.92. The molecule has 2 N–H and O–H groups in total. The zero-order valence-electron chi connectivity index (χ0n) is 22.8. The van der Waals surface area contributed by atoms with Crippen LogP contribution in [0.5, 0.6) is 0 Å². The molecule has 2 atom stereocenters. The van der Waals surface area contributed by atoms with Crippen LogP contribution in [0.25, 0.3) is 0 Å². The number of nitrogens with zero attached hydrogens (tertiary/aromatic N) is 5. The van der Waals surface area contributed by atoms with Gasteiger partial charge in [0.1, 0.15) is 17.8 Å². The average Bonchev–Trinajstić information content (AvgIpc) is 3.63. The van der Waals surface area contributed by atoms with Gasteiger partial charge in [0.25, 0.3) is 0 Å². The largest absolute Gasteiger partial charge is 0.348 e. The van der Waals surface area contributed by atoms with Crippen molar-refractivity contribution in [1.82, 2.24) is 35.4 Å². The molecule has 0 spiro atoms. The summed E-state index contributed by atoms with van der Waals surface area (Å²) in [7, 11) is 0. The Morgan fingerprint density at radius 1 is 0.974 bits per heavy atom. The number of aromatic nitrogens is 3. The van der Waals surface area contributed by atoms with Crippen LogP contribution in [0.2, 0.25) is 0 Å². The first-order chi connectivity index (χ1) is 19.0. The third-order valence-corrected chi connectivity index (χ3v) is 8.35. The molecule has 210 valence electrons. The lowest BCUT2D eigenvalue weighted by atomic mass is 10.0. The molecule has 3 heterocycles. The van der Waals surface area contributed by atoms with Crippen molar-refractivity contribution in [3.8, 4) is 0 Å². The van der Waals surface area contributed by atoms with E-state index in [1.54, 1.807) is 15.8 Å². The number of amides is 3. The van der Waals surface area contributed by atoms with Gasteiger partial charge in [0.05, 0.1) is 12.7 Å². The second kappa shape index (κ2) is 13.2. The van der Waals surface area contributed by atoms with E-state index in [1.165, 1.54) is 32.1 Å². The molecule has 10 heteroatoms. The fourth-order valence-corrected chi connectivity index (χ4v) is 6.18. The molecule has 39 heavy (non-hydrogen) atoms. The van der Waals surface area contributed by atoms with E-state index < -0.39 is 12.1 Å². The molecular formula is C29H41N7O3. The lowest BCUT2D eigenvalue weighted by Gasteiger charge is -2.42. The van der Waals surface area contributed by atoms with E-state index >= 15 is 0 Å². The maximum atomic E-state index is 14.0. The zero-order valence-corrected chi connectivity index (χ0v) is 22.8. The molecule has 3 amide bonds. The lowest BCUT2D eigenvalue weighted by molar-refractivity contribution is -0.146. The van der Waals surface area contributed by atoms with E-state index in [2.05, 4.69) is 25.8 Å². The van der Waals surface area contributed by atoms with Crippen LogP contribution in [-0.4, -0.2) is 80.8 Å². The van der Waals surface area contributed by atoms with Gasteiger partial charge in [0.2, 0.25) is 17.7 Å². The Bertz CT molecular complexity index is 1120. The molecule has 1 aliphatic carbocycles. The van der Waals surface area contributed by atoms with Gasteiger partial charge in [-0.3, -0.25) is 24.0 Å². The van der Waals surface area contributed by atoms with Gasteiger partial charge in [-0.25, -0.2) is 0 Å². The minimum absolute atomic E-state index is 0.175. The smallest absolute Gasteiger partial charge is 0.246 e. The van der Waals surface area contributed by atoms with E-state index in [1.807, 2.05) is 30.3 Å². The molecule has 2 bridgehead atoms. The Balaban J connectivity index is 1.33. The van der Waals surface area contributed by atoms with Gasteiger partial charge in [-0.05, 0) is 37.3 Å². The van der Waals surface area contributed by atoms with E-state index in [9.17, 15) is 14.4 Å². The molecule has 2 aromatic rings. The number of rotatable bonds is 6. The van der Waals surface area contributed by atoms with Gasteiger partial charge in [0.15, 0.2) is 0 Å². The first-order valence-corrected chi connectivity index (χ1v) is 14.6. The average molecular weight is 536 g/mol. The summed E-state index contributed by atoms with van der Waals surface area (Å²) >= 11 is 0. The van der Waals surface area contributed by atoms with Gasteiger partial charge in [-0.1, -0.05) is 61.2 Å². The Morgan fingerprint density at radius 2 is 1.79 bits per heavy atom. The summed E-state index contributed by atoms with van der Waals surface area (Å²) in [5.74, 6) is 0.270. The van der Waals surface area contributed by atoms with Crippen molar-refractivity contribution in [3.05, 3.63) is 47.8 Å². The van der Waals surface area contributed by atoms with E-state index in [-0.39, 0.29) is 30.7 Å². The molecule has 5 rings (SSSR count). The second-order valence-electron chi connectivity index (χ2n) is 11.2. The fraction of sp³-hybridized carbons (Fsp3) is 0.621. The molecule has 1 saturated carbocycles. The molecule has 3 aliphatic rings. The number of carbonyl (C=O) groups excluding carboxylic acids is 3. The van der Waals surface area contributed by atoms with Gasteiger partial charge < -0.3 is 15.5 Å². The highest BCUT2D eigenvalue weighted by Crippen LogP contribution is 2.28. The third kappa shape index (κ3) is 7.44. The standard InChI is InChI=1S/C29H41N7O3/c37-27-13-7-15-35-20-24(32-33-35)19-30-28(38)26-21-34(14-6-12-22-8-4-5-9-22)16-17-36(26)29(39)25(31-27)18-23-10-2-1-3-11-23/h1-3,10-11,20,22,25-26H,4-9,12-19,21H2,(H,30,38)(H,31,37)/t25-,26+/m0/s1. The normalized spacial score (nSPS) is 24.0. The Hall–Kier alpha value is -3.27. The van der Waals surface area contributed by atoms with Gasteiger partial charge in [-0.15, -0.1) is 5.10 Å². The molecule has 10 nitrogen and oxygen atoms in total.